The smallest absolute Gasteiger partial charge is 0.346 e. The summed E-state index contributed by atoms with van der Waals surface area (Å²) in [4.78, 5) is 11.4. The number of aryl methyl sites for hydroxylation is 1. The van der Waals surface area contributed by atoms with Crippen LogP contribution >= 0.6 is 11.6 Å². The summed E-state index contributed by atoms with van der Waals surface area (Å²) >= 11 is 6.18. The lowest BCUT2D eigenvalue weighted by Gasteiger charge is -2.10. The fourth-order valence-corrected chi connectivity index (χ4v) is 2.69. The minimum atomic E-state index is -4.41. The van der Waals surface area contributed by atoms with E-state index in [1.165, 1.54) is 0 Å². The number of halogens is 4. The summed E-state index contributed by atoms with van der Waals surface area (Å²) in [5.74, 6) is -0.707. The molecule has 142 valence electrons. The first-order valence-electron chi connectivity index (χ1n) is 7.98. The molecule has 26 heavy (non-hydrogen) atoms. The maximum Gasteiger partial charge on any atom is 0.405 e. The van der Waals surface area contributed by atoms with Crippen molar-refractivity contribution in [3.63, 3.8) is 0 Å². The molecule has 2 N–H and O–H groups in total. The van der Waals surface area contributed by atoms with Gasteiger partial charge in [0.1, 0.15) is 6.54 Å². The predicted molar refractivity (Wildman–Crippen MR) is 93.0 cm³/mol. The summed E-state index contributed by atoms with van der Waals surface area (Å²) in [6.07, 6.45) is -4.41. The van der Waals surface area contributed by atoms with Gasteiger partial charge >= 0.3 is 6.18 Å². The Morgan fingerprint density at radius 3 is 2.62 bits per heavy atom. The van der Waals surface area contributed by atoms with E-state index in [0.717, 1.165) is 22.5 Å². The summed E-state index contributed by atoms with van der Waals surface area (Å²) in [6, 6.07) is 7.48. The van der Waals surface area contributed by atoms with Crippen molar-refractivity contribution in [3.8, 4) is 0 Å². The molecule has 0 aliphatic heterocycles. The standard InChI is InChI=1S/C17H20ClF3N4O/c1-11-14(7-22-8-16(26)23-10-17(19,20)21)12(2)25(24-11)9-13-5-3-4-6-15(13)18/h3-6,22H,7-10H2,1-2H3,(H,23,26). The van der Waals surface area contributed by atoms with Gasteiger partial charge in [-0.15, -0.1) is 0 Å². The Hall–Kier alpha value is -2.06. The van der Waals surface area contributed by atoms with Crippen LogP contribution in [0.5, 0.6) is 0 Å². The summed E-state index contributed by atoms with van der Waals surface area (Å²) in [6.45, 7) is 3.05. The topological polar surface area (TPSA) is 59.0 Å². The number of alkyl halides is 3. The zero-order valence-electron chi connectivity index (χ0n) is 14.5. The number of carbonyl (C=O) groups excluding carboxylic acids is 1. The van der Waals surface area contributed by atoms with Gasteiger partial charge in [0.15, 0.2) is 0 Å². The fraction of sp³-hybridized carbons (Fsp3) is 0.412. The molecule has 5 nitrogen and oxygen atoms in total. The van der Waals surface area contributed by atoms with Crippen LogP contribution in [-0.2, 0) is 17.9 Å². The maximum atomic E-state index is 12.1. The first kappa shape index (κ1) is 20.3. The van der Waals surface area contributed by atoms with E-state index in [1.54, 1.807) is 0 Å². The molecule has 0 unspecified atom stereocenters. The molecule has 1 aromatic heterocycles. The molecule has 0 saturated carbocycles. The van der Waals surface area contributed by atoms with Crippen molar-refractivity contribution in [2.24, 2.45) is 0 Å². The predicted octanol–water partition coefficient (Wildman–Crippen LogP) is 2.97. The number of carbonyl (C=O) groups is 1. The van der Waals surface area contributed by atoms with Gasteiger partial charge in [0.05, 0.1) is 18.8 Å². The van der Waals surface area contributed by atoms with Crippen LogP contribution in [0.25, 0.3) is 0 Å². The van der Waals surface area contributed by atoms with Gasteiger partial charge in [0.25, 0.3) is 0 Å². The Morgan fingerprint density at radius 1 is 1.27 bits per heavy atom. The summed E-state index contributed by atoms with van der Waals surface area (Å²) in [7, 11) is 0. The molecule has 1 heterocycles. The lowest BCUT2D eigenvalue weighted by Crippen LogP contribution is -2.39. The average Bonchev–Trinajstić information content (AvgIpc) is 2.82. The van der Waals surface area contributed by atoms with Crippen LogP contribution in [-0.4, -0.2) is 35.0 Å². The van der Waals surface area contributed by atoms with Crippen molar-refractivity contribution >= 4 is 17.5 Å². The Morgan fingerprint density at radius 2 is 1.96 bits per heavy atom. The highest BCUT2D eigenvalue weighted by atomic mass is 35.5. The third-order valence-electron chi connectivity index (χ3n) is 3.88. The monoisotopic (exact) mass is 388 g/mol. The van der Waals surface area contributed by atoms with Crippen LogP contribution in [0.15, 0.2) is 24.3 Å². The normalized spacial score (nSPS) is 11.6. The van der Waals surface area contributed by atoms with E-state index in [4.69, 9.17) is 11.6 Å². The molecule has 2 rings (SSSR count). The van der Waals surface area contributed by atoms with Crippen LogP contribution in [0.4, 0.5) is 13.2 Å². The summed E-state index contributed by atoms with van der Waals surface area (Å²) in [5, 5.41) is 9.80. The lowest BCUT2D eigenvalue weighted by atomic mass is 10.2. The second-order valence-electron chi connectivity index (χ2n) is 5.89. The average molecular weight is 389 g/mol. The minimum absolute atomic E-state index is 0.204. The van der Waals surface area contributed by atoms with Crippen molar-refractivity contribution in [2.45, 2.75) is 33.1 Å². The SMILES string of the molecule is Cc1nn(Cc2ccccc2Cl)c(C)c1CNCC(=O)NCC(F)(F)F. The lowest BCUT2D eigenvalue weighted by molar-refractivity contribution is -0.137. The van der Waals surface area contributed by atoms with Gasteiger partial charge < -0.3 is 10.6 Å². The molecular formula is C17H20ClF3N4O. The van der Waals surface area contributed by atoms with Crippen LogP contribution < -0.4 is 10.6 Å². The number of nitrogens with one attached hydrogen (secondary N) is 2. The number of benzene rings is 1. The van der Waals surface area contributed by atoms with Gasteiger partial charge in [-0.05, 0) is 25.5 Å². The van der Waals surface area contributed by atoms with Crippen molar-refractivity contribution in [2.75, 3.05) is 13.1 Å². The molecule has 2 aromatic rings. The second kappa shape index (κ2) is 8.55. The highest BCUT2D eigenvalue weighted by Gasteiger charge is 2.27. The number of nitrogens with zero attached hydrogens (tertiary/aromatic N) is 2. The molecule has 0 fully saturated rings. The quantitative estimate of drug-likeness (QED) is 0.766. The van der Waals surface area contributed by atoms with Crippen molar-refractivity contribution in [1.29, 1.82) is 0 Å². The first-order valence-corrected chi connectivity index (χ1v) is 8.35. The maximum absolute atomic E-state index is 12.1. The molecule has 0 spiro atoms. The molecule has 0 saturated heterocycles. The highest BCUT2D eigenvalue weighted by molar-refractivity contribution is 6.31. The number of hydrogen-bond donors (Lipinski definition) is 2. The fourth-order valence-electron chi connectivity index (χ4n) is 2.49. The molecule has 1 aromatic carbocycles. The van der Waals surface area contributed by atoms with E-state index in [-0.39, 0.29) is 6.54 Å². The Balaban J connectivity index is 1.93. The number of aromatic nitrogens is 2. The van der Waals surface area contributed by atoms with Gasteiger partial charge in [-0.25, -0.2) is 0 Å². The van der Waals surface area contributed by atoms with E-state index in [0.29, 0.717) is 18.1 Å². The first-order chi connectivity index (χ1) is 12.2. The van der Waals surface area contributed by atoms with E-state index in [9.17, 15) is 18.0 Å². The van der Waals surface area contributed by atoms with Crippen molar-refractivity contribution in [3.05, 3.63) is 51.8 Å². The largest absolute Gasteiger partial charge is 0.405 e. The number of hydrogen-bond acceptors (Lipinski definition) is 3. The molecule has 0 aliphatic rings. The zero-order valence-corrected chi connectivity index (χ0v) is 15.2. The van der Waals surface area contributed by atoms with Crippen molar-refractivity contribution in [1.82, 2.24) is 20.4 Å². The summed E-state index contributed by atoms with van der Waals surface area (Å²) < 4.78 is 38.0. The highest BCUT2D eigenvalue weighted by Crippen LogP contribution is 2.19. The summed E-state index contributed by atoms with van der Waals surface area (Å²) in [5.41, 5.74) is 3.54. The zero-order chi connectivity index (χ0) is 19.3. The number of rotatable bonds is 7. The van der Waals surface area contributed by atoms with E-state index >= 15 is 0 Å². The molecular weight excluding hydrogens is 369 g/mol. The molecule has 0 bridgehead atoms. The number of amides is 1. The van der Waals surface area contributed by atoms with Crippen molar-refractivity contribution < 1.29 is 18.0 Å². The van der Waals surface area contributed by atoms with Gasteiger partial charge in [-0.3, -0.25) is 9.48 Å². The Labute approximate surface area is 154 Å². The second-order valence-corrected chi connectivity index (χ2v) is 6.30. The van der Waals surface area contributed by atoms with Gasteiger partial charge in [-0.1, -0.05) is 29.8 Å². The Kier molecular flexibility index (Phi) is 6.66. The molecule has 0 atom stereocenters. The molecule has 9 heteroatoms. The van der Waals surface area contributed by atoms with Gasteiger partial charge in [0, 0.05) is 22.8 Å². The van der Waals surface area contributed by atoms with E-state index in [2.05, 4.69) is 10.4 Å². The Bertz CT molecular complexity index is 774. The van der Waals surface area contributed by atoms with Crippen LogP contribution in [0, 0.1) is 13.8 Å². The van der Waals surface area contributed by atoms with Gasteiger partial charge in [0.2, 0.25) is 5.91 Å². The van der Waals surface area contributed by atoms with Gasteiger partial charge in [-0.2, -0.15) is 18.3 Å². The molecule has 0 radical (unpaired) electrons. The van der Waals surface area contributed by atoms with Crippen LogP contribution in [0.1, 0.15) is 22.5 Å². The minimum Gasteiger partial charge on any atom is -0.346 e. The van der Waals surface area contributed by atoms with Crippen LogP contribution in [0.3, 0.4) is 0 Å². The molecule has 1 amide bonds. The van der Waals surface area contributed by atoms with E-state index in [1.807, 2.05) is 48.1 Å². The van der Waals surface area contributed by atoms with E-state index < -0.39 is 18.6 Å². The molecule has 0 aliphatic carbocycles. The third-order valence-corrected chi connectivity index (χ3v) is 4.25. The van der Waals surface area contributed by atoms with Crippen LogP contribution in [0.2, 0.25) is 5.02 Å². The third kappa shape index (κ3) is 5.74.